The first kappa shape index (κ1) is 19.8. The molecule has 0 bridgehead atoms. The molecule has 0 atom stereocenters. The molecular weight excluding hydrogens is 396 g/mol. The Morgan fingerprint density at radius 1 is 0.871 bits per heavy atom. The largest absolute Gasteiger partial charge is 0.488 e. The summed E-state index contributed by atoms with van der Waals surface area (Å²) in [5.74, 6) is -0.652. The van der Waals surface area contributed by atoms with Gasteiger partial charge < -0.3 is 14.0 Å². The summed E-state index contributed by atoms with van der Waals surface area (Å²) in [4.78, 5) is 0. The molecule has 0 aliphatic carbocycles. The van der Waals surface area contributed by atoms with Crippen molar-refractivity contribution in [2.45, 2.75) is 25.4 Å². The van der Waals surface area contributed by atoms with Crippen LogP contribution >= 0.6 is 0 Å². The van der Waals surface area contributed by atoms with E-state index in [9.17, 15) is 8.78 Å². The standard InChI is InChI=1S/C26H23F2NO2/c27-22-10-9-20(15-23(22)28)29-24-7-4-8-26(31-17-18-5-2-1-3-6-18)21(24)16-25(29)19-11-13-30-14-12-19/h1-10,15-16,19H,11-14,17H2. The van der Waals surface area contributed by atoms with Gasteiger partial charge in [-0.15, -0.1) is 0 Å². The Hall–Kier alpha value is -3.18. The highest BCUT2D eigenvalue weighted by atomic mass is 19.2. The van der Waals surface area contributed by atoms with Crippen LogP contribution in [0.25, 0.3) is 16.6 Å². The van der Waals surface area contributed by atoms with Gasteiger partial charge in [0.15, 0.2) is 11.6 Å². The van der Waals surface area contributed by atoms with Crippen molar-refractivity contribution < 1.29 is 18.3 Å². The first-order valence-electron chi connectivity index (χ1n) is 10.5. The zero-order valence-electron chi connectivity index (χ0n) is 17.1. The van der Waals surface area contributed by atoms with Gasteiger partial charge in [0, 0.05) is 42.0 Å². The number of fused-ring (bicyclic) bond motifs is 1. The van der Waals surface area contributed by atoms with E-state index in [4.69, 9.17) is 9.47 Å². The van der Waals surface area contributed by atoms with Crippen molar-refractivity contribution >= 4 is 10.9 Å². The lowest BCUT2D eigenvalue weighted by molar-refractivity contribution is 0.0842. The Morgan fingerprint density at radius 2 is 1.68 bits per heavy atom. The molecule has 1 aromatic heterocycles. The third-order valence-corrected chi connectivity index (χ3v) is 5.87. The van der Waals surface area contributed by atoms with Crippen LogP contribution < -0.4 is 4.74 Å². The molecule has 1 aliphatic heterocycles. The van der Waals surface area contributed by atoms with Crippen LogP contribution in [0.3, 0.4) is 0 Å². The average molecular weight is 419 g/mol. The van der Waals surface area contributed by atoms with E-state index in [0.717, 1.165) is 40.8 Å². The van der Waals surface area contributed by atoms with Crippen molar-refractivity contribution in [3.63, 3.8) is 0 Å². The molecule has 0 unspecified atom stereocenters. The highest BCUT2D eigenvalue weighted by Crippen LogP contribution is 2.38. The number of hydrogen-bond donors (Lipinski definition) is 0. The summed E-state index contributed by atoms with van der Waals surface area (Å²) in [6.45, 7) is 1.85. The maximum absolute atomic E-state index is 14.1. The second-order valence-electron chi connectivity index (χ2n) is 7.85. The number of nitrogens with zero attached hydrogens (tertiary/aromatic N) is 1. The minimum atomic E-state index is -0.853. The van der Waals surface area contributed by atoms with Gasteiger partial charge in [0.1, 0.15) is 12.4 Å². The average Bonchev–Trinajstić information content (AvgIpc) is 3.21. The Morgan fingerprint density at radius 3 is 2.45 bits per heavy atom. The predicted molar refractivity (Wildman–Crippen MR) is 117 cm³/mol. The summed E-state index contributed by atoms with van der Waals surface area (Å²) >= 11 is 0. The molecule has 31 heavy (non-hydrogen) atoms. The van der Waals surface area contributed by atoms with Crippen LogP contribution in [0.4, 0.5) is 8.78 Å². The highest BCUT2D eigenvalue weighted by molar-refractivity contribution is 5.89. The van der Waals surface area contributed by atoms with E-state index in [2.05, 4.69) is 6.07 Å². The number of ether oxygens (including phenoxy) is 2. The normalized spacial score (nSPS) is 14.8. The zero-order valence-corrected chi connectivity index (χ0v) is 17.1. The molecule has 3 aromatic carbocycles. The number of benzene rings is 3. The van der Waals surface area contributed by atoms with E-state index in [1.54, 1.807) is 6.07 Å². The Kier molecular flexibility index (Phi) is 5.43. The first-order chi connectivity index (χ1) is 15.2. The second-order valence-corrected chi connectivity index (χ2v) is 7.85. The molecule has 0 spiro atoms. The molecule has 0 N–H and O–H groups in total. The summed E-state index contributed by atoms with van der Waals surface area (Å²) in [5.41, 5.74) is 3.68. The monoisotopic (exact) mass is 419 g/mol. The fourth-order valence-corrected chi connectivity index (χ4v) is 4.29. The lowest BCUT2D eigenvalue weighted by Gasteiger charge is -2.24. The maximum atomic E-state index is 14.1. The SMILES string of the molecule is Fc1ccc(-n2c(C3CCOCC3)cc3c(OCc4ccccc4)cccc32)cc1F. The van der Waals surface area contributed by atoms with Gasteiger partial charge in [0.25, 0.3) is 0 Å². The van der Waals surface area contributed by atoms with Crippen LogP contribution in [0.2, 0.25) is 0 Å². The molecule has 0 amide bonds. The van der Waals surface area contributed by atoms with Gasteiger partial charge in [-0.3, -0.25) is 0 Å². The second kappa shape index (κ2) is 8.52. The van der Waals surface area contributed by atoms with E-state index < -0.39 is 11.6 Å². The van der Waals surface area contributed by atoms with E-state index in [-0.39, 0.29) is 5.92 Å². The number of hydrogen-bond acceptors (Lipinski definition) is 2. The summed E-state index contributed by atoms with van der Waals surface area (Å²) in [7, 11) is 0. The smallest absolute Gasteiger partial charge is 0.160 e. The molecule has 5 rings (SSSR count). The van der Waals surface area contributed by atoms with Crippen LogP contribution in [0, 0.1) is 11.6 Å². The van der Waals surface area contributed by atoms with Crippen LogP contribution in [0.1, 0.15) is 30.0 Å². The first-order valence-corrected chi connectivity index (χ1v) is 10.5. The van der Waals surface area contributed by atoms with Crippen molar-refractivity contribution in [2.24, 2.45) is 0 Å². The van der Waals surface area contributed by atoms with Gasteiger partial charge >= 0.3 is 0 Å². The molecule has 158 valence electrons. The summed E-state index contributed by atoms with van der Waals surface area (Å²) in [5, 5.41) is 0.963. The van der Waals surface area contributed by atoms with Crippen LogP contribution in [-0.2, 0) is 11.3 Å². The minimum Gasteiger partial charge on any atom is -0.488 e. The Bertz CT molecular complexity index is 1200. The topological polar surface area (TPSA) is 23.4 Å². The molecule has 0 saturated carbocycles. The molecule has 0 radical (unpaired) electrons. The van der Waals surface area contributed by atoms with Gasteiger partial charge in [-0.25, -0.2) is 8.78 Å². The van der Waals surface area contributed by atoms with Gasteiger partial charge in [-0.2, -0.15) is 0 Å². The predicted octanol–water partition coefficient (Wildman–Crippen LogP) is 6.38. The third kappa shape index (κ3) is 3.93. The highest BCUT2D eigenvalue weighted by Gasteiger charge is 2.23. The molecular formula is C26H23F2NO2. The van der Waals surface area contributed by atoms with Crippen molar-refractivity contribution in [1.29, 1.82) is 0 Å². The van der Waals surface area contributed by atoms with Gasteiger partial charge in [-0.05, 0) is 48.7 Å². The molecule has 5 heteroatoms. The molecule has 1 saturated heterocycles. The Labute approximate surface area is 179 Å². The maximum Gasteiger partial charge on any atom is 0.160 e. The van der Waals surface area contributed by atoms with Crippen LogP contribution in [0.5, 0.6) is 5.75 Å². The van der Waals surface area contributed by atoms with Crippen molar-refractivity contribution in [3.05, 3.63) is 95.7 Å². The molecule has 4 aromatic rings. The summed E-state index contributed by atoms with van der Waals surface area (Å²) in [6, 6.07) is 22.1. The van der Waals surface area contributed by atoms with Crippen molar-refractivity contribution in [1.82, 2.24) is 4.57 Å². The molecule has 2 heterocycles. The lowest BCUT2D eigenvalue weighted by atomic mass is 9.96. The van der Waals surface area contributed by atoms with Crippen molar-refractivity contribution in [3.8, 4) is 11.4 Å². The number of aromatic nitrogens is 1. The number of halogens is 2. The minimum absolute atomic E-state index is 0.274. The number of rotatable bonds is 5. The van der Waals surface area contributed by atoms with Crippen LogP contribution in [0.15, 0.2) is 72.8 Å². The molecule has 1 aliphatic rings. The van der Waals surface area contributed by atoms with Gasteiger partial charge in [0.2, 0.25) is 0 Å². The van der Waals surface area contributed by atoms with Crippen LogP contribution in [-0.4, -0.2) is 17.8 Å². The summed E-state index contributed by atoms with van der Waals surface area (Å²) in [6.07, 6.45) is 1.78. The zero-order chi connectivity index (χ0) is 21.2. The fourth-order valence-electron chi connectivity index (χ4n) is 4.29. The lowest BCUT2D eigenvalue weighted by Crippen LogP contribution is -2.16. The van der Waals surface area contributed by atoms with E-state index in [0.29, 0.717) is 25.5 Å². The van der Waals surface area contributed by atoms with Gasteiger partial charge in [0.05, 0.1) is 5.52 Å². The third-order valence-electron chi connectivity index (χ3n) is 5.87. The Balaban J connectivity index is 1.61. The summed E-state index contributed by atoms with van der Waals surface area (Å²) < 4.78 is 41.5. The fraction of sp³-hybridized carbons (Fsp3) is 0.231. The van der Waals surface area contributed by atoms with E-state index in [1.165, 1.54) is 12.1 Å². The molecule has 3 nitrogen and oxygen atoms in total. The quantitative estimate of drug-likeness (QED) is 0.375. The van der Waals surface area contributed by atoms with E-state index in [1.807, 2.05) is 53.1 Å². The molecule has 1 fully saturated rings. The van der Waals surface area contributed by atoms with E-state index >= 15 is 0 Å². The van der Waals surface area contributed by atoms with Crippen molar-refractivity contribution in [2.75, 3.05) is 13.2 Å². The van der Waals surface area contributed by atoms with Gasteiger partial charge in [-0.1, -0.05) is 36.4 Å².